The van der Waals surface area contributed by atoms with Gasteiger partial charge < -0.3 is 4.42 Å². The highest BCUT2D eigenvalue weighted by Crippen LogP contribution is 2.10. The van der Waals surface area contributed by atoms with Crippen LogP contribution in [0, 0.1) is 0 Å². The molecule has 0 amide bonds. The minimum absolute atomic E-state index is 0.115. The van der Waals surface area contributed by atoms with E-state index in [2.05, 4.69) is 9.82 Å². The summed E-state index contributed by atoms with van der Waals surface area (Å²) in [7, 11) is -3.75. The first-order valence-corrected chi connectivity index (χ1v) is 8.46. The van der Waals surface area contributed by atoms with Crippen LogP contribution in [0.3, 0.4) is 0 Å². The molecular weight excluding hydrogens is 318 g/mol. The predicted molar refractivity (Wildman–Crippen MR) is 84.5 cm³/mol. The van der Waals surface area contributed by atoms with E-state index in [1.807, 2.05) is 6.07 Å². The van der Waals surface area contributed by atoms with Crippen molar-refractivity contribution in [2.45, 2.75) is 24.6 Å². The molecule has 8 heteroatoms. The summed E-state index contributed by atoms with van der Waals surface area (Å²) in [4.78, 5) is 12.4. The molecule has 0 aliphatic rings. The van der Waals surface area contributed by atoms with Crippen LogP contribution in [0.15, 0.2) is 63.2 Å². The van der Waals surface area contributed by atoms with Gasteiger partial charge >= 0.3 is 0 Å². The van der Waals surface area contributed by atoms with Crippen LogP contribution in [-0.2, 0) is 16.6 Å². The van der Waals surface area contributed by atoms with Gasteiger partial charge in [-0.15, -0.1) is 0 Å². The van der Waals surface area contributed by atoms with Crippen molar-refractivity contribution in [2.24, 2.45) is 0 Å². The minimum atomic E-state index is -3.75. The quantitative estimate of drug-likeness (QED) is 0.761. The number of hydrogen-bond donors (Lipinski definition) is 1. The summed E-state index contributed by atoms with van der Waals surface area (Å²) < 4.78 is 32.8. The molecule has 120 valence electrons. The summed E-state index contributed by atoms with van der Waals surface area (Å²) in [5.41, 5.74) is -0.257. The fourth-order valence-electron chi connectivity index (χ4n) is 2.29. The average molecular weight is 333 g/mol. The molecular formula is C15H15N3O4S. The Bertz CT molecular complexity index is 977. The monoisotopic (exact) mass is 333 g/mol. The summed E-state index contributed by atoms with van der Waals surface area (Å²) in [5, 5.41) is 5.21. The Balaban J connectivity index is 1.82. The summed E-state index contributed by atoms with van der Waals surface area (Å²) >= 11 is 0. The second kappa shape index (κ2) is 5.98. The molecule has 0 fully saturated rings. The lowest BCUT2D eigenvalue weighted by Gasteiger charge is -2.14. The molecule has 7 nitrogen and oxygen atoms in total. The first-order chi connectivity index (χ1) is 11.0. The fourth-order valence-corrected chi connectivity index (χ4v) is 3.45. The third kappa shape index (κ3) is 3.17. The number of hydrogen-bond acceptors (Lipinski definition) is 5. The summed E-state index contributed by atoms with van der Waals surface area (Å²) in [5.74, 6) is 0. The highest BCUT2D eigenvalue weighted by Gasteiger charge is 2.20. The Labute approximate surface area is 132 Å². The van der Waals surface area contributed by atoms with Crippen LogP contribution in [0.4, 0.5) is 0 Å². The maximum atomic E-state index is 12.4. The maximum absolute atomic E-state index is 12.4. The molecule has 2 heterocycles. The molecule has 1 aromatic carbocycles. The Kier molecular flexibility index (Phi) is 4.01. The predicted octanol–water partition coefficient (Wildman–Crippen LogP) is 1.36. The number of fused-ring (bicyclic) bond motifs is 1. The first kappa shape index (κ1) is 15.4. The van der Waals surface area contributed by atoms with E-state index < -0.39 is 16.1 Å². The third-order valence-corrected chi connectivity index (χ3v) is 4.80. The largest absolute Gasteiger partial charge is 0.452 e. The van der Waals surface area contributed by atoms with E-state index in [1.54, 1.807) is 31.3 Å². The average Bonchev–Trinajstić information content (AvgIpc) is 3.05. The second-order valence-corrected chi connectivity index (χ2v) is 6.82. The lowest BCUT2D eigenvalue weighted by molar-refractivity contribution is 0.432. The number of rotatable bonds is 5. The van der Waals surface area contributed by atoms with Gasteiger partial charge in [-0.05, 0) is 25.1 Å². The van der Waals surface area contributed by atoms with Crippen LogP contribution >= 0.6 is 0 Å². The lowest BCUT2D eigenvalue weighted by atomic mass is 10.2. The highest BCUT2D eigenvalue weighted by atomic mass is 32.2. The molecule has 3 rings (SSSR count). The number of benzene rings is 1. The molecule has 0 spiro atoms. The number of nitrogens with zero attached hydrogens (tertiary/aromatic N) is 2. The van der Waals surface area contributed by atoms with E-state index in [9.17, 15) is 13.2 Å². The number of aromatic nitrogens is 2. The van der Waals surface area contributed by atoms with E-state index in [-0.39, 0.29) is 17.2 Å². The van der Waals surface area contributed by atoms with Crippen molar-refractivity contribution in [2.75, 3.05) is 0 Å². The molecule has 23 heavy (non-hydrogen) atoms. The van der Waals surface area contributed by atoms with Crippen molar-refractivity contribution < 1.29 is 12.8 Å². The van der Waals surface area contributed by atoms with E-state index in [0.717, 1.165) is 5.39 Å². The van der Waals surface area contributed by atoms with E-state index in [4.69, 9.17) is 4.42 Å². The Morgan fingerprint density at radius 2 is 2.04 bits per heavy atom. The van der Waals surface area contributed by atoms with Gasteiger partial charge in [0.25, 0.3) is 15.6 Å². The fraction of sp³-hybridized carbons (Fsp3) is 0.200. The topological polar surface area (TPSA) is 94.2 Å². The Morgan fingerprint density at radius 1 is 1.26 bits per heavy atom. The molecule has 0 saturated heterocycles. The van der Waals surface area contributed by atoms with Crippen LogP contribution < -0.4 is 10.3 Å². The molecule has 0 unspecified atom stereocenters. The Morgan fingerprint density at radius 3 is 2.78 bits per heavy atom. The van der Waals surface area contributed by atoms with Crippen molar-refractivity contribution in [1.29, 1.82) is 0 Å². The number of sulfonamides is 1. The highest BCUT2D eigenvalue weighted by molar-refractivity contribution is 7.89. The molecule has 1 atom stereocenters. The van der Waals surface area contributed by atoms with Crippen LogP contribution in [0.1, 0.15) is 6.92 Å². The van der Waals surface area contributed by atoms with Gasteiger partial charge in [0.05, 0.1) is 24.4 Å². The first-order valence-electron chi connectivity index (χ1n) is 6.98. The van der Waals surface area contributed by atoms with Gasteiger partial charge in [-0.3, -0.25) is 4.79 Å². The molecule has 0 bridgehead atoms. The zero-order chi connectivity index (χ0) is 16.4. The second-order valence-electron chi connectivity index (χ2n) is 5.17. The molecule has 0 radical (unpaired) electrons. The van der Waals surface area contributed by atoms with Crippen molar-refractivity contribution in [3.63, 3.8) is 0 Å². The van der Waals surface area contributed by atoms with E-state index >= 15 is 0 Å². The van der Waals surface area contributed by atoms with Crippen molar-refractivity contribution >= 4 is 20.8 Å². The van der Waals surface area contributed by atoms with Gasteiger partial charge in [0, 0.05) is 11.4 Å². The number of furan rings is 1. The zero-order valence-electron chi connectivity index (χ0n) is 12.3. The molecule has 1 N–H and O–H groups in total. The van der Waals surface area contributed by atoms with E-state index in [0.29, 0.717) is 5.39 Å². The van der Waals surface area contributed by atoms with Crippen LogP contribution in [-0.4, -0.2) is 24.2 Å². The molecule has 0 saturated carbocycles. The smallest absolute Gasteiger partial charge is 0.274 e. The van der Waals surface area contributed by atoms with Gasteiger partial charge in [0.2, 0.25) is 5.09 Å². The Hall–Kier alpha value is -2.45. The van der Waals surface area contributed by atoms with Crippen molar-refractivity contribution in [3.8, 4) is 0 Å². The molecule has 0 aliphatic heterocycles. The van der Waals surface area contributed by atoms with Gasteiger partial charge in [0.1, 0.15) is 0 Å². The van der Waals surface area contributed by atoms with Crippen molar-refractivity contribution in [1.82, 2.24) is 14.5 Å². The molecule has 3 aromatic rings. The lowest BCUT2D eigenvalue weighted by Crippen LogP contribution is -2.38. The van der Waals surface area contributed by atoms with Gasteiger partial charge in [-0.2, -0.15) is 5.10 Å². The van der Waals surface area contributed by atoms with Crippen LogP contribution in [0.5, 0.6) is 0 Å². The third-order valence-electron chi connectivity index (χ3n) is 3.32. The standard InChI is InChI=1S/C15H15N3O4S/c1-11(17-23(20,21)14-7-4-8-22-14)10-18-15(19)13-6-3-2-5-12(13)9-16-18/h2-9,11,17H,10H2,1H3/t11-/m0/s1. The SMILES string of the molecule is C[C@@H](Cn1ncc2ccccc2c1=O)NS(=O)(=O)c1ccco1. The van der Waals surface area contributed by atoms with Crippen LogP contribution in [0.2, 0.25) is 0 Å². The number of nitrogens with one attached hydrogen (secondary N) is 1. The van der Waals surface area contributed by atoms with Gasteiger partial charge in [0.15, 0.2) is 0 Å². The van der Waals surface area contributed by atoms with Gasteiger partial charge in [-0.1, -0.05) is 18.2 Å². The van der Waals surface area contributed by atoms with E-state index in [1.165, 1.54) is 23.1 Å². The molecule has 0 aliphatic carbocycles. The summed E-state index contributed by atoms with van der Waals surface area (Å²) in [6, 6.07) is 9.44. The molecule has 2 aromatic heterocycles. The van der Waals surface area contributed by atoms with Crippen molar-refractivity contribution in [3.05, 3.63) is 59.2 Å². The normalized spacial score (nSPS) is 13.3. The maximum Gasteiger partial charge on any atom is 0.274 e. The zero-order valence-corrected chi connectivity index (χ0v) is 13.2. The summed E-state index contributed by atoms with van der Waals surface area (Å²) in [6.07, 6.45) is 2.87. The van der Waals surface area contributed by atoms with Crippen LogP contribution in [0.25, 0.3) is 10.8 Å². The summed E-state index contributed by atoms with van der Waals surface area (Å²) in [6.45, 7) is 1.77. The minimum Gasteiger partial charge on any atom is -0.452 e. The van der Waals surface area contributed by atoms with Gasteiger partial charge in [-0.25, -0.2) is 17.8 Å².